The van der Waals surface area contributed by atoms with Gasteiger partial charge in [-0.1, -0.05) is 20.8 Å². The van der Waals surface area contributed by atoms with Gasteiger partial charge >= 0.3 is 5.97 Å². The lowest BCUT2D eigenvalue weighted by molar-refractivity contribution is -0.142. The van der Waals surface area contributed by atoms with Crippen molar-refractivity contribution >= 4 is 11.9 Å². The first-order chi connectivity index (χ1) is 8.78. The summed E-state index contributed by atoms with van der Waals surface area (Å²) in [7, 11) is 1.31. The van der Waals surface area contributed by atoms with Crippen molar-refractivity contribution in [1.82, 2.24) is 10.2 Å². The van der Waals surface area contributed by atoms with E-state index in [9.17, 15) is 9.59 Å². The summed E-state index contributed by atoms with van der Waals surface area (Å²) in [5.41, 5.74) is -0.901. The van der Waals surface area contributed by atoms with Gasteiger partial charge in [0.25, 0.3) is 0 Å². The van der Waals surface area contributed by atoms with Gasteiger partial charge in [0.15, 0.2) is 0 Å². The maximum atomic E-state index is 11.9. The van der Waals surface area contributed by atoms with Crippen LogP contribution in [0.1, 0.15) is 27.7 Å². The Morgan fingerprint density at radius 1 is 1.42 bits per heavy atom. The molecule has 0 spiro atoms. The van der Waals surface area contributed by atoms with Crippen LogP contribution < -0.4 is 5.32 Å². The fourth-order valence-corrected chi connectivity index (χ4v) is 1.36. The number of esters is 1. The molecule has 0 aromatic rings. The van der Waals surface area contributed by atoms with Gasteiger partial charge in [-0.3, -0.25) is 14.5 Å². The smallest absolute Gasteiger partial charge is 0.319 e. The Morgan fingerprint density at radius 2 is 2.00 bits per heavy atom. The number of hydrogen-bond donors (Lipinski definition) is 1. The zero-order chi connectivity index (χ0) is 15.1. The van der Waals surface area contributed by atoms with Crippen molar-refractivity contribution in [2.45, 2.75) is 33.2 Å². The number of nitrogens with zero attached hydrogens (tertiary/aromatic N) is 2. The Labute approximate surface area is 114 Å². The minimum atomic E-state index is -0.901. The Bertz CT molecular complexity index is 363. The number of methoxy groups -OCH3 is 1. The minimum Gasteiger partial charge on any atom is -0.468 e. The largest absolute Gasteiger partial charge is 0.468 e. The van der Waals surface area contributed by atoms with Crippen LogP contribution in [0.25, 0.3) is 0 Å². The van der Waals surface area contributed by atoms with Crippen molar-refractivity contribution < 1.29 is 14.3 Å². The van der Waals surface area contributed by atoms with Crippen molar-refractivity contribution in [1.29, 1.82) is 5.26 Å². The molecule has 6 heteroatoms. The molecule has 0 rings (SSSR count). The normalized spacial score (nSPS) is 13.8. The molecule has 1 amide bonds. The van der Waals surface area contributed by atoms with Crippen molar-refractivity contribution in [2.75, 3.05) is 26.7 Å². The highest BCUT2D eigenvalue weighted by atomic mass is 16.5. The Morgan fingerprint density at radius 3 is 2.37 bits per heavy atom. The van der Waals surface area contributed by atoms with E-state index in [2.05, 4.69) is 16.1 Å². The van der Waals surface area contributed by atoms with Gasteiger partial charge in [-0.25, -0.2) is 0 Å². The van der Waals surface area contributed by atoms with Crippen LogP contribution in [0, 0.1) is 17.2 Å². The summed E-state index contributed by atoms with van der Waals surface area (Å²) in [5.74, 6) is -0.665. The molecule has 0 saturated heterocycles. The van der Waals surface area contributed by atoms with Gasteiger partial charge in [0.2, 0.25) is 5.91 Å². The third kappa shape index (κ3) is 5.71. The molecule has 19 heavy (non-hydrogen) atoms. The van der Waals surface area contributed by atoms with Gasteiger partial charge < -0.3 is 10.1 Å². The van der Waals surface area contributed by atoms with E-state index < -0.39 is 5.54 Å². The van der Waals surface area contributed by atoms with Crippen LogP contribution in [0.5, 0.6) is 0 Å². The third-order valence-corrected chi connectivity index (χ3v) is 3.18. The zero-order valence-electron chi connectivity index (χ0n) is 12.3. The Kier molecular flexibility index (Phi) is 7.09. The summed E-state index contributed by atoms with van der Waals surface area (Å²) < 4.78 is 4.56. The molecule has 0 heterocycles. The van der Waals surface area contributed by atoms with Crippen LogP contribution in [0.4, 0.5) is 0 Å². The summed E-state index contributed by atoms with van der Waals surface area (Å²) in [5, 5.41) is 11.8. The Hall–Kier alpha value is -1.61. The van der Waals surface area contributed by atoms with Crippen LogP contribution in [-0.2, 0) is 14.3 Å². The molecule has 0 aromatic carbocycles. The van der Waals surface area contributed by atoms with Crippen LogP contribution in [-0.4, -0.2) is 49.1 Å². The average Bonchev–Trinajstić information content (AvgIpc) is 2.36. The molecule has 0 radical (unpaired) electrons. The fraction of sp³-hybridized carbons (Fsp3) is 0.769. The maximum Gasteiger partial charge on any atom is 0.319 e. The first-order valence-electron chi connectivity index (χ1n) is 6.30. The molecule has 108 valence electrons. The van der Waals surface area contributed by atoms with Gasteiger partial charge in [-0.2, -0.15) is 5.26 Å². The molecule has 0 bridgehead atoms. The van der Waals surface area contributed by atoms with Crippen LogP contribution >= 0.6 is 0 Å². The first-order valence-corrected chi connectivity index (χ1v) is 6.30. The average molecular weight is 269 g/mol. The molecule has 0 aliphatic carbocycles. The number of rotatable bonds is 7. The zero-order valence-corrected chi connectivity index (χ0v) is 12.3. The third-order valence-electron chi connectivity index (χ3n) is 3.18. The summed E-state index contributed by atoms with van der Waals surface area (Å²) >= 11 is 0. The van der Waals surface area contributed by atoms with Gasteiger partial charge in [-0.15, -0.1) is 0 Å². The highest BCUT2D eigenvalue weighted by molar-refractivity contribution is 5.80. The Balaban J connectivity index is 4.51. The van der Waals surface area contributed by atoms with Crippen molar-refractivity contribution in [3.05, 3.63) is 0 Å². The highest BCUT2D eigenvalue weighted by Gasteiger charge is 2.30. The lowest BCUT2D eigenvalue weighted by Crippen LogP contribution is -2.52. The molecule has 6 nitrogen and oxygen atoms in total. The molecular formula is C13H23N3O3. The predicted molar refractivity (Wildman–Crippen MR) is 71.1 cm³/mol. The molecule has 1 N–H and O–H groups in total. The molecule has 0 aliphatic heterocycles. The summed E-state index contributed by atoms with van der Waals surface area (Å²) in [6.45, 7) is 7.95. The van der Waals surface area contributed by atoms with Gasteiger partial charge in [-0.05, 0) is 19.4 Å². The van der Waals surface area contributed by atoms with Gasteiger partial charge in [0, 0.05) is 0 Å². The molecule has 0 aromatic heterocycles. The second-order valence-corrected chi connectivity index (χ2v) is 4.90. The van der Waals surface area contributed by atoms with Crippen molar-refractivity contribution in [3.8, 4) is 6.07 Å². The van der Waals surface area contributed by atoms with E-state index >= 15 is 0 Å². The molecule has 0 saturated carbocycles. The van der Waals surface area contributed by atoms with Gasteiger partial charge in [0.05, 0.1) is 26.3 Å². The lowest BCUT2D eigenvalue weighted by atomic mass is 9.90. The number of nitriles is 1. The van der Waals surface area contributed by atoms with E-state index in [1.807, 2.05) is 20.8 Å². The summed E-state index contributed by atoms with van der Waals surface area (Å²) in [4.78, 5) is 24.7. The van der Waals surface area contributed by atoms with Crippen molar-refractivity contribution in [3.63, 3.8) is 0 Å². The monoisotopic (exact) mass is 269 g/mol. The van der Waals surface area contributed by atoms with E-state index in [0.717, 1.165) is 0 Å². The fourth-order valence-electron chi connectivity index (χ4n) is 1.36. The summed E-state index contributed by atoms with van der Waals surface area (Å²) in [6.07, 6.45) is 0. The van der Waals surface area contributed by atoms with Crippen LogP contribution in [0.15, 0.2) is 0 Å². The minimum absolute atomic E-state index is 0.00265. The molecule has 1 unspecified atom stereocenters. The number of hydrogen-bond acceptors (Lipinski definition) is 5. The first kappa shape index (κ1) is 17.4. The lowest BCUT2D eigenvalue weighted by Gasteiger charge is -2.28. The van der Waals surface area contributed by atoms with E-state index in [4.69, 9.17) is 5.26 Å². The molecule has 1 atom stereocenters. The number of nitrogens with one attached hydrogen (secondary N) is 1. The topological polar surface area (TPSA) is 82.4 Å². The highest BCUT2D eigenvalue weighted by Crippen LogP contribution is 2.14. The number of amides is 1. The predicted octanol–water partition coefficient (Wildman–Crippen LogP) is 0.536. The quantitative estimate of drug-likeness (QED) is 0.682. The van der Waals surface area contributed by atoms with E-state index in [1.54, 1.807) is 11.8 Å². The molecular weight excluding hydrogens is 246 g/mol. The van der Waals surface area contributed by atoms with Crippen LogP contribution in [0.3, 0.4) is 0 Å². The standard InChI is InChI=1S/C13H23N3O3/c1-6-16(8-12(18)19-5)7-11(17)15-13(4,9-14)10(2)3/h10H,6-8H2,1-5H3,(H,15,17). The second kappa shape index (κ2) is 7.74. The molecule has 0 aliphatic rings. The molecule has 0 fully saturated rings. The number of likely N-dealkylation sites (N-methyl/N-ethyl adjacent to an activating group) is 1. The summed E-state index contributed by atoms with van der Waals surface area (Å²) in [6, 6.07) is 2.11. The number of ether oxygens (including phenoxy) is 1. The van der Waals surface area contributed by atoms with E-state index in [1.165, 1.54) is 7.11 Å². The van der Waals surface area contributed by atoms with Gasteiger partial charge in [0.1, 0.15) is 5.54 Å². The van der Waals surface area contributed by atoms with Crippen LogP contribution in [0.2, 0.25) is 0 Å². The van der Waals surface area contributed by atoms with Crippen molar-refractivity contribution in [2.24, 2.45) is 5.92 Å². The SMILES string of the molecule is CCN(CC(=O)NC(C)(C#N)C(C)C)CC(=O)OC. The number of carbonyl (C=O) groups excluding carboxylic acids is 2. The number of carbonyl (C=O) groups is 2. The maximum absolute atomic E-state index is 11.9. The van der Waals surface area contributed by atoms with E-state index in [0.29, 0.717) is 6.54 Å². The van der Waals surface area contributed by atoms with E-state index in [-0.39, 0.29) is 30.9 Å². The second-order valence-electron chi connectivity index (χ2n) is 4.90.